The Bertz CT molecular complexity index is 433. The highest BCUT2D eigenvalue weighted by Crippen LogP contribution is 2.23. The van der Waals surface area contributed by atoms with Crippen LogP contribution in [0.15, 0.2) is 22.7 Å². The van der Waals surface area contributed by atoms with Crippen LogP contribution in [-0.4, -0.2) is 36.6 Å². The van der Waals surface area contributed by atoms with Gasteiger partial charge in [0.05, 0.1) is 18.3 Å². The maximum atomic E-state index is 12.4. The summed E-state index contributed by atoms with van der Waals surface area (Å²) in [7, 11) is 0. The average molecular weight is 298 g/mol. The lowest BCUT2D eigenvalue weighted by Crippen LogP contribution is -2.44. The van der Waals surface area contributed by atoms with Gasteiger partial charge in [0.15, 0.2) is 0 Å². The number of nitrogens with zero attached hydrogens (tertiary/aromatic N) is 1. The van der Waals surface area contributed by atoms with Crippen LogP contribution >= 0.6 is 15.9 Å². The van der Waals surface area contributed by atoms with Crippen molar-refractivity contribution >= 4 is 21.8 Å². The molecule has 92 valence electrons. The van der Waals surface area contributed by atoms with Crippen LogP contribution in [0.1, 0.15) is 22.8 Å². The Balaban J connectivity index is 2.22. The fourth-order valence-electron chi connectivity index (χ4n) is 1.99. The van der Waals surface area contributed by atoms with Gasteiger partial charge < -0.3 is 9.64 Å². The predicted molar refractivity (Wildman–Crippen MR) is 70.2 cm³/mol. The number of rotatable bonds is 1. The lowest BCUT2D eigenvalue weighted by atomic mass is 10.1. The molecule has 1 atom stereocenters. The van der Waals surface area contributed by atoms with Crippen LogP contribution in [-0.2, 0) is 4.74 Å². The van der Waals surface area contributed by atoms with E-state index in [4.69, 9.17) is 4.74 Å². The summed E-state index contributed by atoms with van der Waals surface area (Å²) in [4.78, 5) is 14.2. The van der Waals surface area contributed by atoms with Crippen molar-refractivity contribution in [2.75, 3.05) is 19.7 Å². The van der Waals surface area contributed by atoms with E-state index in [1.807, 2.05) is 36.9 Å². The molecule has 1 aliphatic rings. The summed E-state index contributed by atoms with van der Waals surface area (Å²) in [5, 5.41) is 0. The lowest BCUT2D eigenvalue weighted by Gasteiger charge is -2.31. The van der Waals surface area contributed by atoms with Crippen molar-refractivity contribution < 1.29 is 9.53 Å². The summed E-state index contributed by atoms with van der Waals surface area (Å²) in [6.45, 7) is 5.94. The number of aryl methyl sites for hydroxylation is 1. The summed E-state index contributed by atoms with van der Waals surface area (Å²) in [6, 6.07) is 5.76. The molecule has 0 aliphatic carbocycles. The van der Waals surface area contributed by atoms with Crippen molar-refractivity contribution in [3.63, 3.8) is 0 Å². The maximum absolute atomic E-state index is 12.4. The fourth-order valence-corrected chi connectivity index (χ4v) is 2.42. The molecule has 1 fully saturated rings. The van der Waals surface area contributed by atoms with Gasteiger partial charge in [-0.05, 0) is 41.4 Å². The van der Waals surface area contributed by atoms with Gasteiger partial charge in [-0.1, -0.05) is 12.1 Å². The summed E-state index contributed by atoms with van der Waals surface area (Å²) in [6.07, 6.45) is 0.122. The second kappa shape index (κ2) is 5.19. The summed E-state index contributed by atoms with van der Waals surface area (Å²) < 4.78 is 6.34. The number of benzene rings is 1. The van der Waals surface area contributed by atoms with E-state index < -0.39 is 0 Å². The van der Waals surface area contributed by atoms with Gasteiger partial charge in [-0.25, -0.2) is 0 Å². The molecule has 1 saturated heterocycles. The van der Waals surface area contributed by atoms with Crippen LogP contribution in [0.3, 0.4) is 0 Å². The second-order valence-electron chi connectivity index (χ2n) is 4.37. The molecule has 0 aromatic heterocycles. The van der Waals surface area contributed by atoms with Crippen LogP contribution in [0.4, 0.5) is 0 Å². The Morgan fingerprint density at radius 1 is 1.53 bits per heavy atom. The number of hydrogen-bond acceptors (Lipinski definition) is 2. The predicted octanol–water partition coefficient (Wildman–Crippen LogP) is 2.62. The van der Waals surface area contributed by atoms with E-state index in [1.54, 1.807) is 0 Å². The van der Waals surface area contributed by atoms with Crippen LogP contribution in [0.5, 0.6) is 0 Å². The van der Waals surface area contributed by atoms with Gasteiger partial charge in [-0.15, -0.1) is 0 Å². The first-order valence-electron chi connectivity index (χ1n) is 5.75. The molecule has 17 heavy (non-hydrogen) atoms. The molecule has 4 heteroatoms. The standard InChI is InChI=1S/C13H16BrNO2/c1-9-4-3-5-11(12(9)14)13(16)15-6-7-17-10(2)8-15/h3-5,10H,6-8H2,1-2H3. The van der Waals surface area contributed by atoms with E-state index in [9.17, 15) is 4.79 Å². The van der Waals surface area contributed by atoms with Gasteiger partial charge in [-0.3, -0.25) is 4.79 Å². The highest BCUT2D eigenvalue weighted by atomic mass is 79.9. The molecule has 1 aliphatic heterocycles. The monoisotopic (exact) mass is 297 g/mol. The van der Waals surface area contributed by atoms with E-state index in [0.717, 1.165) is 15.6 Å². The van der Waals surface area contributed by atoms with Gasteiger partial charge in [0, 0.05) is 17.6 Å². The minimum atomic E-state index is 0.0794. The maximum Gasteiger partial charge on any atom is 0.255 e. The molecular weight excluding hydrogens is 282 g/mol. The Morgan fingerprint density at radius 2 is 2.29 bits per heavy atom. The van der Waals surface area contributed by atoms with E-state index >= 15 is 0 Å². The molecule has 0 spiro atoms. The molecule has 0 bridgehead atoms. The fraction of sp³-hybridized carbons (Fsp3) is 0.462. The van der Waals surface area contributed by atoms with Gasteiger partial charge in [0.25, 0.3) is 5.91 Å². The smallest absolute Gasteiger partial charge is 0.255 e. The van der Waals surface area contributed by atoms with E-state index in [0.29, 0.717) is 19.7 Å². The normalized spacial score (nSPS) is 20.4. The minimum absolute atomic E-state index is 0.0794. The average Bonchev–Trinajstić information content (AvgIpc) is 2.32. The molecule has 0 radical (unpaired) electrons. The molecule has 3 nitrogen and oxygen atoms in total. The molecule has 1 unspecified atom stereocenters. The zero-order valence-corrected chi connectivity index (χ0v) is 11.7. The van der Waals surface area contributed by atoms with Crippen molar-refractivity contribution in [2.45, 2.75) is 20.0 Å². The third-order valence-electron chi connectivity index (χ3n) is 2.95. The molecule has 0 saturated carbocycles. The third kappa shape index (κ3) is 2.69. The van der Waals surface area contributed by atoms with E-state index in [1.165, 1.54) is 0 Å². The van der Waals surface area contributed by atoms with Crippen molar-refractivity contribution in [2.24, 2.45) is 0 Å². The first-order valence-corrected chi connectivity index (χ1v) is 6.55. The topological polar surface area (TPSA) is 29.5 Å². The van der Waals surface area contributed by atoms with Gasteiger partial charge in [-0.2, -0.15) is 0 Å². The van der Waals surface area contributed by atoms with E-state index in [2.05, 4.69) is 15.9 Å². The molecule has 2 rings (SSSR count). The zero-order valence-electron chi connectivity index (χ0n) is 10.1. The molecule has 1 aromatic rings. The molecule has 1 aromatic carbocycles. The second-order valence-corrected chi connectivity index (χ2v) is 5.16. The highest BCUT2D eigenvalue weighted by Gasteiger charge is 2.23. The summed E-state index contributed by atoms with van der Waals surface area (Å²) in [5.41, 5.74) is 1.82. The van der Waals surface area contributed by atoms with Crippen LogP contribution in [0, 0.1) is 6.92 Å². The Labute approximate surface area is 110 Å². The molecule has 0 N–H and O–H groups in total. The van der Waals surface area contributed by atoms with Gasteiger partial charge >= 0.3 is 0 Å². The van der Waals surface area contributed by atoms with Gasteiger partial charge in [0.1, 0.15) is 0 Å². The van der Waals surface area contributed by atoms with Crippen molar-refractivity contribution in [3.8, 4) is 0 Å². The highest BCUT2D eigenvalue weighted by molar-refractivity contribution is 9.10. The van der Waals surface area contributed by atoms with Crippen molar-refractivity contribution in [1.82, 2.24) is 4.90 Å². The summed E-state index contributed by atoms with van der Waals surface area (Å²) in [5.74, 6) is 0.0794. The largest absolute Gasteiger partial charge is 0.375 e. The minimum Gasteiger partial charge on any atom is -0.375 e. The number of hydrogen-bond donors (Lipinski definition) is 0. The van der Waals surface area contributed by atoms with Crippen LogP contribution < -0.4 is 0 Å². The number of carbonyl (C=O) groups excluding carboxylic acids is 1. The van der Waals surface area contributed by atoms with Crippen LogP contribution in [0.25, 0.3) is 0 Å². The first-order chi connectivity index (χ1) is 8.09. The SMILES string of the molecule is Cc1cccc(C(=O)N2CCOC(C)C2)c1Br. The zero-order chi connectivity index (χ0) is 12.4. The lowest BCUT2D eigenvalue weighted by molar-refractivity contribution is -0.0124. The van der Waals surface area contributed by atoms with Crippen molar-refractivity contribution in [1.29, 1.82) is 0 Å². The van der Waals surface area contributed by atoms with Gasteiger partial charge in [0.2, 0.25) is 0 Å². The van der Waals surface area contributed by atoms with Crippen molar-refractivity contribution in [3.05, 3.63) is 33.8 Å². The molecule has 1 heterocycles. The van der Waals surface area contributed by atoms with E-state index in [-0.39, 0.29) is 12.0 Å². The number of morpholine rings is 1. The number of halogens is 1. The molecular formula is C13H16BrNO2. The Hall–Kier alpha value is -0.870. The quantitative estimate of drug-likeness (QED) is 0.797. The Kier molecular flexibility index (Phi) is 3.84. The number of ether oxygens (including phenoxy) is 1. The van der Waals surface area contributed by atoms with Crippen LogP contribution in [0.2, 0.25) is 0 Å². The number of amides is 1. The molecule has 1 amide bonds. The Morgan fingerprint density at radius 3 is 3.00 bits per heavy atom. The summed E-state index contributed by atoms with van der Waals surface area (Å²) >= 11 is 3.48. The third-order valence-corrected chi connectivity index (χ3v) is 4.00. The first kappa shape index (κ1) is 12.6. The number of carbonyl (C=O) groups is 1.